The van der Waals surface area contributed by atoms with Gasteiger partial charge in [0.05, 0.1) is 4.47 Å². The Morgan fingerprint density at radius 1 is 0.902 bits per heavy atom. The van der Waals surface area contributed by atoms with Gasteiger partial charge in [-0.2, -0.15) is 0 Å². The van der Waals surface area contributed by atoms with E-state index >= 15 is 0 Å². The molecule has 4 N–H and O–H groups in total. The summed E-state index contributed by atoms with van der Waals surface area (Å²) in [6.45, 7) is 11.1. The summed E-state index contributed by atoms with van der Waals surface area (Å²) in [7, 11) is 0. The van der Waals surface area contributed by atoms with Crippen molar-refractivity contribution < 1.29 is 28.2 Å². The number of carbonyl (C=O) groups is 3. The summed E-state index contributed by atoms with van der Waals surface area (Å²) in [5, 5.41) is 9.18. The number of fused-ring (bicyclic) bond motifs is 1. The molecule has 0 unspecified atom stereocenters. The molecular formula is C30H38BrFN4O5. The maximum absolute atomic E-state index is 13.3. The number of halogens is 2. The van der Waals surface area contributed by atoms with Gasteiger partial charge in [0.1, 0.15) is 22.7 Å². The number of ether oxygens (including phenoxy) is 2. The van der Waals surface area contributed by atoms with E-state index in [4.69, 9.17) is 9.47 Å². The van der Waals surface area contributed by atoms with Gasteiger partial charge < -0.3 is 30.4 Å². The molecule has 1 heterocycles. The van der Waals surface area contributed by atoms with Gasteiger partial charge in [-0.05, 0) is 106 Å². The second-order valence-electron chi connectivity index (χ2n) is 11.7. The lowest BCUT2D eigenvalue weighted by atomic mass is 10.0. The minimum atomic E-state index is -0.682. The van der Waals surface area contributed by atoms with Gasteiger partial charge in [-0.1, -0.05) is 18.2 Å². The first-order valence-corrected chi connectivity index (χ1v) is 14.2. The fraction of sp³-hybridized carbons (Fsp3) is 0.433. The number of amides is 3. The third kappa shape index (κ3) is 10.1. The highest BCUT2D eigenvalue weighted by Gasteiger charge is 2.22. The smallest absolute Gasteiger partial charge is 0.407 e. The zero-order chi connectivity index (χ0) is 30.4. The third-order valence-electron chi connectivity index (χ3n) is 5.77. The van der Waals surface area contributed by atoms with Gasteiger partial charge in [0.25, 0.3) is 5.91 Å². The highest BCUT2D eigenvalue weighted by Crippen LogP contribution is 2.32. The van der Waals surface area contributed by atoms with Crippen LogP contribution in [0.15, 0.2) is 46.9 Å². The molecular weight excluding hydrogens is 595 g/mol. The first-order valence-electron chi connectivity index (χ1n) is 13.4. The molecule has 1 aromatic heterocycles. The van der Waals surface area contributed by atoms with E-state index in [0.29, 0.717) is 29.6 Å². The van der Waals surface area contributed by atoms with E-state index in [1.165, 1.54) is 12.1 Å². The Hall–Kier alpha value is -3.60. The average Bonchev–Trinajstić information content (AvgIpc) is 3.19. The molecule has 0 saturated carbocycles. The van der Waals surface area contributed by atoms with E-state index in [9.17, 15) is 18.8 Å². The van der Waals surface area contributed by atoms with Crippen LogP contribution in [0.5, 0.6) is 0 Å². The standard InChI is InChI=1S/C30H38BrFN4O5/c1-29(2,3)40-27(38)33-15-7-8-21(35-28(39)41-30(4,5)6)17-34-26(37)25-24(31)22-16-19(11-14-23(22)36-25)18-9-12-20(32)13-10-18/h9-14,16,21,36H,7-8,15,17H2,1-6H3,(H,33,38)(H,34,37)(H,35,39)/t21-/m0/s1. The molecule has 0 aliphatic carbocycles. The van der Waals surface area contributed by atoms with Gasteiger partial charge >= 0.3 is 12.2 Å². The van der Waals surface area contributed by atoms with Crippen molar-refractivity contribution in [3.63, 3.8) is 0 Å². The van der Waals surface area contributed by atoms with Crippen molar-refractivity contribution in [2.75, 3.05) is 13.1 Å². The number of alkyl carbamates (subject to hydrolysis) is 2. The summed E-state index contributed by atoms with van der Waals surface area (Å²) in [5.74, 6) is -0.672. The maximum Gasteiger partial charge on any atom is 0.407 e. The van der Waals surface area contributed by atoms with E-state index in [0.717, 1.165) is 22.0 Å². The molecule has 0 fully saturated rings. The van der Waals surface area contributed by atoms with Crippen LogP contribution >= 0.6 is 15.9 Å². The molecule has 3 amide bonds. The summed E-state index contributed by atoms with van der Waals surface area (Å²) in [6, 6.07) is 11.4. The lowest BCUT2D eigenvalue weighted by molar-refractivity contribution is 0.0487. The first kappa shape index (κ1) is 31.9. The Labute approximate surface area is 248 Å². The molecule has 0 aliphatic heterocycles. The Bertz CT molecular complexity index is 1380. The number of carbonyl (C=O) groups excluding carboxylic acids is 3. The van der Waals surface area contributed by atoms with Crippen LogP contribution < -0.4 is 16.0 Å². The van der Waals surface area contributed by atoms with Crippen molar-refractivity contribution >= 4 is 44.9 Å². The Balaban J connectivity index is 1.66. The molecule has 0 aliphatic rings. The summed E-state index contributed by atoms with van der Waals surface area (Å²) in [5.41, 5.74) is 1.53. The van der Waals surface area contributed by atoms with Crippen molar-refractivity contribution in [1.29, 1.82) is 0 Å². The maximum atomic E-state index is 13.3. The lowest BCUT2D eigenvalue weighted by Crippen LogP contribution is -2.46. The molecule has 0 bridgehead atoms. The van der Waals surface area contributed by atoms with Gasteiger partial charge in [0.15, 0.2) is 0 Å². The van der Waals surface area contributed by atoms with Crippen LogP contribution in [0.3, 0.4) is 0 Å². The quantitative estimate of drug-likeness (QED) is 0.196. The highest BCUT2D eigenvalue weighted by atomic mass is 79.9. The van der Waals surface area contributed by atoms with Crippen molar-refractivity contribution in [2.24, 2.45) is 0 Å². The molecule has 3 rings (SSSR count). The van der Waals surface area contributed by atoms with Crippen LogP contribution in [0.25, 0.3) is 22.0 Å². The molecule has 3 aromatic rings. The van der Waals surface area contributed by atoms with Crippen LogP contribution in [0.4, 0.5) is 14.0 Å². The van der Waals surface area contributed by atoms with Crippen molar-refractivity contribution in [1.82, 2.24) is 20.9 Å². The largest absolute Gasteiger partial charge is 0.444 e. The molecule has 0 spiro atoms. The number of aromatic nitrogens is 1. The van der Waals surface area contributed by atoms with Crippen LogP contribution in [0.1, 0.15) is 64.9 Å². The lowest BCUT2D eigenvalue weighted by Gasteiger charge is -2.24. The van der Waals surface area contributed by atoms with E-state index < -0.39 is 29.4 Å². The van der Waals surface area contributed by atoms with Gasteiger partial charge in [0.2, 0.25) is 0 Å². The van der Waals surface area contributed by atoms with E-state index in [-0.39, 0.29) is 18.3 Å². The van der Waals surface area contributed by atoms with E-state index in [1.807, 2.05) is 18.2 Å². The highest BCUT2D eigenvalue weighted by molar-refractivity contribution is 9.10. The number of H-pyrrole nitrogens is 1. The Morgan fingerprint density at radius 2 is 1.51 bits per heavy atom. The summed E-state index contributed by atoms with van der Waals surface area (Å²) < 4.78 is 24.6. The van der Waals surface area contributed by atoms with Gasteiger partial charge in [-0.3, -0.25) is 4.79 Å². The van der Waals surface area contributed by atoms with Crippen LogP contribution in [-0.2, 0) is 9.47 Å². The molecule has 11 heteroatoms. The van der Waals surface area contributed by atoms with Gasteiger partial charge in [-0.25, -0.2) is 14.0 Å². The van der Waals surface area contributed by atoms with Gasteiger partial charge in [0, 0.05) is 30.0 Å². The predicted octanol–water partition coefficient (Wildman–Crippen LogP) is 6.66. The number of nitrogens with one attached hydrogen (secondary N) is 4. The average molecular weight is 634 g/mol. The molecule has 0 radical (unpaired) electrons. The molecule has 222 valence electrons. The second kappa shape index (κ2) is 13.4. The van der Waals surface area contributed by atoms with Gasteiger partial charge in [-0.15, -0.1) is 0 Å². The summed E-state index contributed by atoms with van der Waals surface area (Å²) >= 11 is 3.54. The zero-order valence-electron chi connectivity index (χ0n) is 24.2. The fourth-order valence-corrected chi connectivity index (χ4v) is 4.60. The summed E-state index contributed by atoms with van der Waals surface area (Å²) in [4.78, 5) is 40.7. The topological polar surface area (TPSA) is 122 Å². The third-order valence-corrected chi connectivity index (χ3v) is 6.59. The number of aromatic amines is 1. The Kier molecular flexibility index (Phi) is 10.4. The number of hydrogen-bond acceptors (Lipinski definition) is 5. The van der Waals surface area contributed by atoms with Crippen LogP contribution in [0.2, 0.25) is 0 Å². The van der Waals surface area contributed by atoms with E-state index in [1.54, 1.807) is 53.7 Å². The van der Waals surface area contributed by atoms with Crippen molar-refractivity contribution in [2.45, 2.75) is 71.6 Å². The molecule has 1 atom stereocenters. The predicted molar refractivity (Wildman–Crippen MR) is 160 cm³/mol. The van der Waals surface area contributed by atoms with Crippen molar-refractivity contribution in [3.05, 3.63) is 58.4 Å². The molecule has 2 aromatic carbocycles. The molecule has 0 saturated heterocycles. The first-order chi connectivity index (χ1) is 19.1. The molecule has 41 heavy (non-hydrogen) atoms. The molecule has 9 nitrogen and oxygen atoms in total. The monoisotopic (exact) mass is 632 g/mol. The van der Waals surface area contributed by atoms with Crippen LogP contribution in [0, 0.1) is 5.82 Å². The SMILES string of the molecule is CC(C)(C)OC(=O)NCCC[C@@H](CNC(=O)c1[nH]c2ccc(-c3ccc(F)cc3)cc2c1Br)NC(=O)OC(C)(C)C. The minimum Gasteiger partial charge on any atom is -0.444 e. The number of rotatable bonds is 9. The van der Waals surface area contributed by atoms with E-state index in [2.05, 4.69) is 36.9 Å². The zero-order valence-corrected chi connectivity index (χ0v) is 25.8. The second-order valence-corrected chi connectivity index (χ2v) is 12.5. The minimum absolute atomic E-state index is 0.132. The van der Waals surface area contributed by atoms with Crippen LogP contribution in [-0.4, -0.2) is 53.4 Å². The van der Waals surface area contributed by atoms with Crippen molar-refractivity contribution in [3.8, 4) is 11.1 Å². The Morgan fingerprint density at radius 3 is 2.15 bits per heavy atom. The number of benzene rings is 2. The fourth-order valence-electron chi connectivity index (χ4n) is 3.99. The normalized spacial score (nSPS) is 12.5. The number of hydrogen-bond donors (Lipinski definition) is 4. The summed E-state index contributed by atoms with van der Waals surface area (Å²) in [6.07, 6.45) is -0.132.